The van der Waals surface area contributed by atoms with Crippen molar-refractivity contribution in [2.75, 3.05) is 26.2 Å². The molecule has 0 aromatic heterocycles. The van der Waals surface area contributed by atoms with E-state index in [1.165, 1.54) is 32.1 Å². The molecule has 108 valence electrons. The maximum atomic E-state index is 5.74. The Labute approximate surface area is 113 Å². The first-order chi connectivity index (χ1) is 8.68. The van der Waals surface area contributed by atoms with Gasteiger partial charge in [-0.1, -0.05) is 13.8 Å². The van der Waals surface area contributed by atoms with Gasteiger partial charge in [0.1, 0.15) is 0 Å². The van der Waals surface area contributed by atoms with Crippen LogP contribution in [0, 0.1) is 5.92 Å². The number of hydrogen-bond donors (Lipinski definition) is 2. The highest BCUT2D eigenvalue weighted by molar-refractivity contribution is 4.67. The summed E-state index contributed by atoms with van der Waals surface area (Å²) in [4.78, 5) is 0. The average Bonchev–Trinajstić information content (AvgIpc) is 2.35. The minimum absolute atomic E-state index is 0.537. The van der Waals surface area contributed by atoms with Crippen molar-refractivity contribution in [3.05, 3.63) is 0 Å². The SMILES string of the molecule is CC(C)CNCC(C)NCCCC1CCCCO1. The van der Waals surface area contributed by atoms with Crippen molar-refractivity contribution >= 4 is 0 Å². The summed E-state index contributed by atoms with van der Waals surface area (Å²) >= 11 is 0. The predicted octanol–water partition coefficient (Wildman–Crippen LogP) is 2.56. The molecule has 0 amide bonds. The fraction of sp³-hybridized carbons (Fsp3) is 1.00. The first kappa shape index (κ1) is 15.9. The second kappa shape index (κ2) is 9.76. The quantitative estimate of drug-likeness (QED) is 0.622. The maximum Gasteiger partial charge on any atom is 0.0575 e. The van der Waals surface area contributed by atoms with Crippen LogP contribution in [0.1, 0.15) is 52.9 Å². The van der Waals surface area contributed by atoms with Crippen molar-refractivity contribution < 1.29 is 4.74 Å². The Morgan fingerprint density at radius 3 is 2.67 bits per heavy atom. The molecule has 0 saturated carbocycles. The van der Waals surface area contributed by atoms with Crippen molar-refractivity contribution in [1.82, 2.24) is 10.6 Å². The maximum absolute atomic E-state index is 5.74. The van der Waals surface area contributed by atoms with Gasteiger partial charge in [-0.15, -0.1) is 0 Å². The molecule has 0 radical (unpaired) electrons. The molecule has 0 aromatic rings. The highest BCUT2D eigenvalue weighted by Crippen LogP contribution is 2.16. The summed E-state index contributed by atoms with van der Waals surface area (Å²) in [5, 5.41) is 7.07. The van der Waals surface area contributed by atoms with Gasteiger partial charge >= 0.3 is 0 Å². The van der Waals surface area contributed by atoms with Gasteiger partial charge in [-0.2, -0.15) is 0 Å². The molecule has 1 aliphatic heterocycles. The zero-order chi connectivity index (χ0) is 13.2. The molecule has 1 heterocycles. The summed E-state index contributed by atoms with van der Waals surface area (Å²) in [6.45, 7) is 11.0. The molecule has 18 heavy (non-hydrogen) atoms. The fourth-order valence-corrected chi connectivity index (χ4v) is 2.37. The van der Waals surface area contributed by atoms with Crippen LogP contribution in [0.4, 0.5) is 0 Å². The van der Waals surface area contributed by atoms with Crippen molar-refractivity contribution in [1.29, 1.82) is 0 Å². The largest absolute Gasteiger partial charge is 0.378 e. The molecule has 1 rings (SSSR count). The van der Waals surface area contributed by atoms with Crippen LogP contribution in [-0.4, -0.2) is 38.4 Å². The van der Waals surface area contributed by atoms with E-state index in [0.29, 0.717) is 12.1 Å². The van der Waals surface area contributed by atoms with Crippen LogP contribution in [0.15, 0.2) is 0 Å². The molecule has 1 fully saturated rings. The van der Waals surface area contributed by atoms with E-state index in [2.05, 4.69) is 31.4 Å². The van der Waals surface area contributed by atoms with E-state index in [-0.39, 0.29) is 0 Å². The lowest BCUT2D eigenvalue weighted by molar-refractivity contribution is 0.0101. The summed E-state index contributed by atoms with van der Waals surface area (Å²) in [5.74, 6) is 0.737. The second-order valence-corrected chi connectivity index (χ2v) is 6.04. The van der Waals surface area contributed by atoms with Gasteiger partial charge < -0.3 is 15.4 Å². The van der Waals surface area contributed by atoms with Gasteiger partial charge in [-0.05, 0) is 58.0 Å². The minimum Gasteiger partial charge on any atom is -0.378 e. The van der Waals surface area contributed by atoms with E-state index in [0.717, 1.165) is 32.2 Å². The van der Waals surface area contributed by atoms with Crippen LogP contribution < -0.4 is 10.6 Å². The van der Waals surface area contributed by atoms with Crippen LogP contribution in [0.5, 0.6) is 0 Å². The molecule has 0 bridgehead atoms. The van der Waals surface area contributed by atoms with E-state index in [1.54, 1.807) is 0 Å². The average molecular weight is 256 g/mol. The molecule has 0 aliphatic carbocycles. The molecular formula is C15H32N2O. The molecule has 1 saturated heterocycles. The highest BCUT2D eigenvalue weighted by atomic mass is 16.5. The molecule has 0 aromatic carbocycles. The van der Waals surface area contributed by atoms with E-state index >= 15 is 0 Å². The molecule has 0 spiro atoms. The predicted molar refractivity (Wildman–Crippen MR) is 78.0 cm³/mol. The molecule has 3 heteroatoms. The van der Waals surface area contributed by atoms with Gasteiger partial charge in [0.05, 0.1) is 6.10 Å². The zero-order valence-corrected chi connectivity index (χ0v) is 12.5. The lowest BCUT2D eigenvalue weighted by atomic mass is 10.0. The first-order valence-electron chi connectivity index (χ1n) is 7.74. The first-order valence-corrected chi connectivity index (χ1v) is 7.74. The van der Waals surface area contributed by atoms with Gasteiger partial charge in [-0.25, -0.2) is 0 Å². The van der Waals surface area contributed by atoms with Crippen LogP contribution in [0.3, 0.4) is 0 Å². The van der Waals surface area contributed by atoms with Crippen LogP contribution in [0.25, 0.3) is 0 Å². The molecular weight excluding hydrogens is 224 g/mol. The zero-order valence-electron chi connectivity index (χ0n) is 12.5. The Kier molecular flexibility index (Phi) is 8.64. The van der Waals surface area contributed by atoms with Gasteiger partial charge in [0.25, 0.3) is 0 Å². The number of ether oxygens (including phenoxy) is 1. The van der Waals surface area contributed by atoms with Crippen molar-refractivity contribution in [2.45, 2.75) is 65.0 Å². The van der Waals surface area contributed by atoms with E-state index in [1.807, 2.05) is 0 Å². The Balaban J connectivity index is 1.89. The minimum atomic E-state index is 0.537. The Morgan fingerprint density at radius 2 is 2.00 bits per heavy atom. The van der Waals surface area contributed by atoms with Crippen LogP contribution >= 0.6 is 0 Å². The van der Waals surface area contributed by atoms with E-state index < -0.39 is 0 Å². The monoisotopic (exact) mass is 256 g/mol. The lowest BCUT2D eigenvalue weighted by Crippen LogP contribution is -2.38. The summed E-state index contributed by atoms with van der Waals surface area (Å²) in [7, 11) is 0. The molecule has 2 unspecified atom stereocenters. The summed E-state index contributed by atoms with van der Waals surface area (Å²) in [5.41, 5.74) is 0. The summed E-state index contributed by atoms with van der Waals surface area (Å²) < 4.78 is 5.74. The van der Waals surface area contributed by atoms with Gasteiger partial charge in [0.15, 0.2) is 0 Å². The summed E-state index contributed by atoms with van der Waals surface area (Å²) in [6.07, 6.45) is 6.88. The van der Waals surface area contributed by atoms with Gasteiger partial charge in [0, 0.05) is 19.2 Å². The highest BCUT2D eigenvalue weighted by Gasteiger charge is 2.12. The third kappa shape index (κ3) is 8.06. The standard InChI is InChI=1S/C15H32N2O/c1-13(2)11-16-12-14(3)17-9-6-8-15-7-4-5-10-18-15/h13-17H,4-12H2,1-3H3. The van der Waals surface area contributed by atoms with Crippen molar-refractivity contribution in [3.63, 3.8) is 0 Å². The Morgan fingerprint density at radius 1 is 1.17 bits per heavy atom. The Hall–Kier alpha value is -0.120. The molecule has 2 atom stereocenters. The van der Waals surface area contributed by atoms with Crippen LogP contribution in [-0.2, 0) is 4.74 Å². The number of rotatable bonds is 9. The third-order valence-electron chi connectivity index (χ3n) is 3.47. The van der Waals surface area contributed by atoms with Gasteiger partial charge in [-0.3, -0.25) is 0 Å². The normalized spacial score (nSPS) is 22.3. The van der Waals surface area contributed by atoms with Crippen molar-refractivity contribution in [3.8, 4) is 0 Å². The number of nitrogens with one attached hydrogen (secondary N) is 2. The molecule has 1 aliphatic rings. The topological polar surface area (TPSA) is 33.3 Å². The smallest absolute Gasteiger partial charge is 0.0575 e. The number of hydrogen-bond acceptors (Lipinski definition) is 3. The fourth-order valence-electron chi connectivity index (χ4n) is 2.37. The van der Waals surface area contributed by atoms with E-state index in [9.17, 15) is 0 Å². The van der Waals surface area contributed by atoms with Crippen LogP contribution in [0.2, 0.25) is 0 Å². The molecule has 2 N–H and O–H groups in total. The van der Waals surface area contributed by atoms with E-state index in [4.69, 9.17) is 4.74 Å². The Bertz CT molecular complexity index is 191. The summed E-state index contributed by atoms with van der Waals surface area (Å²) in [6, 6.07) is 0.566. The lowest BCUT2D eigenvalue weighted by Gasteiger charge is -2.23. The van der Waals surface area contributed by atoms with Crippen molar-refractivity contribution in [2.24, 2.45) is 5.92 Å². The second-order valence-electron chi connectivity index (χ2n) is 6.04. The third-order valence-corrected chi connectivity index (χ3v) is 3.47. The molecule has 3 nitrogen and oxygen atoms in total. The van der Waals surface area contributed by atoms with Gasteiger partial charge in [0.2, 0.25) is 0 Å².